The summed E-state index contributed by atoms with van der Waals surface area (Å²) in [6.45, 7) is 0.997. The van der Waals surface area contributed by atoms with Gasteiger partial charge in [0.05, 0.1) is 17.3 Å². The molecule has 4 nitrogen and oxygen atoms in total. The van der Waals surface area contributed by atoms with Gasteiger partial charge in [-0.1, -0.05) is 18.6 Å². The Kier molecular flexibility index (Phi) is 5.34. The predicted molar refractivity (Wildman–Crippen MR) is 103 cm³/mol. The molecule has 1 aromatic heterocycles. The number of halogens is 3. The van der Waals surface area contributed by atoms with Crippen LogP contribution in [0.15, 0.2) is 36.5 Å². The van der Waals surface area contributed by atoms with E-state index in [4.69, 9.17) is 5.73 Å². The van der Waals surface area contributed by atoms with E-state index in [9.17, 15) is 18.0 Å². The van der Waals surface area contributed by atoms with Gasteiger partial charge < -0.3 is 5.73 Å². The van der Waals surface area contributed by atoms with Crippen molar-refractivity contribution < 1.29 is 18.0 Å². The molecule has 2 saturated heterocycles. The van der Waals surface area contributed by atoms with E-state index >= 15 is 0 Å². The highest BCUT2D eigenvalue weighted by molar-refractivity contribution is 5.94. The molecule has 0 aliphatic carbocycles. The van der Waals surface area contributed by atoms with Crippen LogP contribution in [0.3, 0.4) is 0 Å². The minimum atomic E-state index is -4.56. The lowest BCUT2D eigenvalue weighted by Gasteiger charge is -2.34. The van der Waals surface area contributed by atoms with Crippen molar-refractivity contribution in [3.63, 3.8) is 0 Å². The monoisotopic (exact) mass is 403 g/mol. The molecule has 1 aromatic carbocycles. The largest absolute Gasteiger partial charge is 0.416 e. The molecule has 2 fully saturated rings. The Balaban J connectivity index is 1.74. The summed E-state index contributed by atoms with van der Waals surface area (Å²) in [5, 5.41) is 0. The van der Waals surface area contributed by atoms with Crippen LogP contribution in [0, 0.1) is 0 Å². The number of benzene rings is 1. The van der Waals surface area contributed by atoms with E-state index < -0.39 is 17.6 Å². The molecule has 2 aliphatic heterocycles. The van der Waals surface area contributed by atoms with Crippen LogP contribution >= 0.6 is 0 Å². The predicted octanol–water partition coefficient (Wildman–Crippen LogP) is 4.48. The molecule has 0 bridgehead atoms. The average molecular weight is 403 g/mol. The van der Waals surface area contributed by atoms with E-state index in [-0.39, 0.29) is 23.6 Å². The van der Waals surface area contributed by atoms with E-state index in [0.717, 1.165) is 43.1 Å². The second kappa shape index (κ2) is 7.78. The highest BCUT2D eigenvalue weighted by atomic mass is 19.4. The molecule has 2 N–H and O–H groups in total. The number of alkyl halides is 3. The number of aromatic nitrogens is 1. The van der Waals surface area contributed by atoms with Crippen LogP contribution in [0.4, 0.5) is 13.2 Å². The number of piperidine rings is 1. The minimum Gasteiger partial charge on any atom is -0.366 e. The van der Waals surface area contributed by atoms with Crippen molar-refractivity contribution in [3.8, 4) is 0 Å². The van der Waals surface area contributed by atoms with Crippen molar-refractivity contribution in [2.24, 2.45) is 5.73 Å². The third-order valence-corrected chi connectivity index (χ3v) is 6.20. The van der Waals surface area contributed by atoms with Gasteiger partial charge >= 0.3 is 6.18 Å². The summed E-state index contributed by atoms with van der Waals surface area (Å²) >= 11 is 0. The maximum absolute atomic E-state index is 13.6. The van der Waals surface area contributed by atoms with Crippen LogP contribution < -0.4 is 5.73 Å². The number of nitrogens with two attached hydrogens (primary N) is 1. The van der Waals surface area contributed by atoms with Gasteiger partial charge in [-0.2, -0.15) is 13.2 Å². The number of pyridine rings is 1. The molecule has 7 heteroatoms. The first-order chi connectivity index (χ1) is 13.9. The fourth-order valence-corrected chi connectivity index (χ4v) is 4.92. The lowest BCUT2D eigenvalue weighted by molar-refractivity contribution is -0.138. The van der Waals surface area contributed by atoms with Gasteiger partial charge in [-0.05, 0) is 61.6 Å². The van der Waals surface area contributed by atoms with Gasteiger partial charge in [-0.3, -0.25) is 14.7 Å². The molecule has 154 valence electrons. The highest BCUT2D eigenvalue weighted by Crippen LogP contribution is 2.41. The quantitative estimate of drug-likeness (QED) is 0.819. The van der Waals surface area contributed by atoms with Crippen molar-refractivity contribution in [2.45, 2.75) is 56.8 Å². The van der Waals surface area contributed by atoms with Crippen molar-refractivity contribution >= 4 is 5.91 Å². The maximum Gasteiger partial charge on any atom is 0.416 e. The van der Waals surface area contributed by atoms with E-state index in [2.05, 4.69) is 9.88 Å². The second-order valence-electron chi connectivity index (χ2n) is 7.90. The molecule has 0 radical (unpaired) electrons. The number of rotatable bonds is 4. The fourth-order valence-electron chi connectivity index (χ4n) is 4.92. The van der Waals surface area contributed by atoms with Gasteiger partial charge in [-0.25, -0.2) is 0 Å². The summed E-state index contributed by atoms with van der Waals surface area (Å²) in [5.41, 5.74) is 5.97. The van der Waals surface area contributed by atoms with E-state index in [1.807, 2.05) is 6.07 Å². The molecule has 3 heterocycles. The summed E-state index contributed by atoms with van der Waals surface area (Å²) in [4.78, 5) is 18.9. The third-order valence-electron chi connectivity index (χ3n) is 6.20. The van der Waals surface area contributed by atoms with Gasteiger partial charge in [0.1, 0.15) is 0 Å². The Labute approximate surface area is 167 Å². The lowest BCUT2D eigenvalue weighted by Crippen LogP contribution is -2.36. The topological polar surface area (TPSA) is 59.2 Å². The van der Waals surface area contributed by atoms with Gasteiger partial charge in [-0.15, -0.1) is 0 Å². The smallest absolute Gasteiger partial charge is 0.366 e. The van der Waals surface area contributed by atoms with Crippen molar-refractivity contribution in [1.29, 1.82) is 0 Å². The molecule has 0 spiro atoms. The van der Waals surface area contributed by atoms with Crippen LogP contribution in [0.1, 0.15) is 70.9 Å². The first-order valence-electron chi connectivity index (χ1n) is 10.0. The number of nitrogens with zero attached hydrogens (tertiary/aromatic N) is 2. The average Bonchev–Trinajstić information content (AvgIpc) is 3.11. The number of primary amides is 1. The number of carbonyl (C=O) groups is 1. The Hall–Kier alpha value is -2.41. The Morgan fingerprint density at radius 3 is 2.72 bits per heavy atom. The van der Waals surface area contributed by atoms with Crippen LogP contribution in [-0.4, -0.2) is 28.4 Å². The summed E-state index contributed by atoms with van der Waals surface area (Å²) in [5.74, 6) is -0.853. The molecule has 4 rings (SSSR count). The molecule has 0 saturated carbocycles. The fraction of sp³-hybridized carbons (Fsp3) is 0.455. The standard InChI is InChI=1S/C22H24F3N3O/c23-22(24,25)18-8-3-7-16(21(26)29)17(18)13-14-5-4-11-27-20(14)19-10-9-15-6-1-2-12-28(15)19/h3-5,7-8,11,15,19H,1-2,6,9-10,12-13H2,(H2,26,29). The number of hydrogen-bond donors (Lipinski definition) is 1. The third kappa shape index (κ3) is 3.88. The number of fused-ring (bicyclic) bond motifs is 1. The zero-order valence-corrected chi connectivity index (χ0v) is 16.1. The van der Waals surface area contributed by atoms with Crippen LogP contribution in [-0.2, 0) is 12.6 Å². The summed E-state index contributed by atoms with van der Waals surface area (Å²) in [6.07, 6.45) is 2.69. The van der Waals surface area contributed by atoms with E-state index in [0.29, 0.717) is 6.04 Å². The summed E-state index contributed by atoms with van der Waals surface area (Å²) in [6, 6.07) is 7.80. The van der Waals surface area contributed by atoms with E-state index in [1.165, 1.54) is 25.0 Å². The number of hydrogen-bond acceptors (Lipinski definition) is 3. The van der Waals surface area contributed by atoms with Gasteiger partial charge in [0, 0.05) is 24.2 Å². The summed E-state index contributed by atoms with van der Waals surface area (Å²) < 4.78 is 40.9. The van der Waals surface area contributed by atoms with E-state index in [1.54, 1.807) is 12.3 Å². The zero-order chi connectivity index (χ0) is 20.6. The number of carbonyl (C=O) groups excluding carboxylic acids is 1. The van der Waals surface area contributed by atoms with Crippen LogP contribution in [0.5, 0.6) is 0 Å². The molecule has 2 unspecified atom stereocenters. The Bertz CT molecular complexity index is 912. The molecule has 2 aromatic rings. The van der Waals surface area contributed by atoms with Crippen molar-refractivity contribution in [1.82, 2.24) is 9.88 Å². The molecule has 2 aliphatic rings. The molecule has 1 amide bonds. The van der Waals surface area contributed by atoms with Crippen LogP contribution in [0.2, 0.25) is 0 Å². The van der Waals surface area contributed by atoms with Gasteiger partial charge in [0.2, 0.25) is 5.91 Å². The zero-order valence-electron chi connectivity index (χ0n) is 16.1. The minimum absolute atomic E-state index is 0.0217. The van der Waals surface area contributed by atoms with Crippen molar-refractivity contribution in [3.05, 3.63) is 64.5 Å². The Morgan fingerprint density at radius 1 is 1.14 bits per heavy atom. The lowest BCUT2D eigenvalue weighted by atomic mass is 9.91. The second-order valence-corrected chi connectivity index (χ2v) is 7.90. The van der Waals surface area contributed by atoms with Crippen molar-refractivity contribution in [2.75, 3.05) is 6.54 Å². The number of amides is 1. The Morgan fingerprint density at radius 2 is 1.97 bits per heavy atom. The first kappa shape index (κ1) is 19.9. The molecular formula is C22H24F3N3O. The summed E-state index contributed by atoms with van der Waals surface area (Å²) in [7, 11) is 0. The maximum atomic E-state index is 13.6. The SMILES string of the molecule is NC(=O)c1cccc(C(F)(F)F)c1Cc1cccnc1C1CCC2CCCCN21. The molecule has 29 heavy (non-hydrogen) atoms. The van der Waals surface area contributed by atoms with Crippen LogP contribution in [0.25, 0.3) is 0 Å². The molecular weight excluding hydrogens is 379 g/mol. The normalized spacial score (nSPS) is 22.4. The molecule has 2 atom stereocenters. The van der Waals surface area contributed by atoms with Gasteiger partial charge in [0.15, 0.2) is 0 Å². The highest BCUT2D eigenvalue weighted by Gasteiger charge is 2.38. The van der Waals surface area contributed by atoms with Gasteiger partial charge in [0.25, 0.3) is 0 Å². The first-order valence-corrected chi connectivity index (χ1v) is 10.0.